The maximum absolute atomic E-state index is 3.56. The van der Waals surface area contributed by atoms with E-state index in [1.807, 2.05) is 0 Å². The number of hydrogen-bond donors (Lipinski definition) is 1. The number of hydrogen-bond acceptors (Lipinski definition) is 2. The molecule has 2 atom stereocenters. The van der Waals surface area contributed by atoms with Gasteiger partial charge in [0.1, 0.15) is 0 Å². The highest BCUT2D eigenvalue weighted by Gasteiger charge is 2.17. The summed E-state index contributed by atoms with van der Waals surface area (Å²) in [4.78, 5) is 2.62. The minimum atomic E-state index is 0.738. The van der Waals surface area contributed by atoms with Crippen molar-refractivity contribution in [3.8, 4) is 0 Å². The SMILES string of the molecule is Cc1ccccc1CN1CC(C)CNCC(C)C1. The molecule has 0 spiro atoms. The maximum Gasteiger partial charge on any atom is 0.0236 e. The molecular weight excluding hydrogens is 220 g/mol. The first-order valence-electron chi connectivity index (χ1n) is 7.12. The van der Waals surface area contributed by atoms with Gasteiger partial charge in [-0.1, -0.05) is 38.1 Å². The molecule has 2 heteroatoms. The van der Waals surface area contributed by atoms with Gasteiger partial charge in [0.05, 0.1) is 0 Å². The normalized spacial score (nSPS) is 26.6. The van der Waals surface area contributed by atoms with Gasteiger partial charge >= 0.3 is 0 Å². The van der Waals surface area contributed by atoms with Crippen molar-refractivity contribution in [1.29, 1.82) is 0 Å². The van der Waals surface area contributed by atoms with Crippen LogP contribution >= 0.6 is 0 Å². The van der Waals surface area contributed by atoms with Crippen LogP contribution in [-0.2, 0) is 6.54 Å². The minimum Gasteiger partial charge on any atom is -0.316 e. The minimum absolute atomic E-state index is 0.738. The monoisotopic (exact) mass is 246 g/mol. The van der Waals surface area contributed by atoms with Gasteiger partial charge in [-0.05, 0) is 43.0 Å². The van der Waals surface area contributed by atoms with Gasteiger partial charge in [-0.3, -0.25) is 4.90 Å². The summed E-state index contributed by atoms with van der Waals surface area (Å²) in [6, 6.07) is 8.76. The number of aryl methyl sites for hydroxylation is 1. The third kappa shape index (κ3) is 3.82. The summed E-state index contributed by atoms with van der Waals surface area (Å²) in [5, 5.41) is 3.56. The van der Waals surface area contributed by atoms with Gasteiger partial charge in [0.25, 0.3) is 0 Å². The molecule has 100 valence electrons. The molecule has 1 aliphatic rings. The Hall–Kier alpha value is -0.860. The van der Waals surface area contributed by atoms with Crippen LogP contribution in [0.4, 0.5) is 0 Å². The first-order valence-corrected chi connectivity index (χ1v) is 7.12. The second-order valence-electron chi connectivity index (χ2n) is 5.99. The Kier molecular flexibility index (Phi) is 4.79. The van der Waals surface area contributed by atoms with E-state index in [1.165, 1.54) is 24.2 Å². The summed E-state index contributed by atoms with van der Waals surface area (Å²) in [5.41, 5.74) is 2.89. The summed E-state index contributed by atoms with van der Waals surface area (Å²) >= 11 is 0. The van der Waals surface area contributed by atoms with Crippen LogP contribution < -0.4 is 5.32 Å². The van der Waals surface area contributed by atoms with Gasteiger partial charge in [-0.15, -0.1) is 0 Å². The fourth-order valence-corrected chi connectivity index (χ4v) is 2.82. The molecule has 1 saturated heterocycles. The van der Waals surface area contributed by atoms with Gasteiger partial charge in [0.15, 0.2) is 0 Å². The summed E-state index contributed by atoms with van der Waals surface area (Å²) in [6.45, 7) is 12.7. The van der Waals surface area contributed by atoms with Crippen molar-refractivity contribution in [3.05, 3.63) is 35.4 Å². The Labute approximate surface area is 111 Å². The molecule has 0 aliphatic carbocycles. The molecule has 2 nitrogen and oxygen atoms in total. The smallest absolute Gasteiger partial charge is 0.0236 e. The zero-order valence-electron chi connectivity index (χ0n) is 11.9. The average Bonchev–Trinajstić information content (AvgIpc) is 2.30. The third-order valence-corrected chi connectivity index (χ3v) is 3.78. The zero-order chi connectivity index (χ0) is 13.0. The van der Waals surface area contributed by atoms with Crippen LogP contribution in [0, 0.1) is 18.8 Å². The average molecular weight is 246 g/mol. The molecule has 1 aromatic carbocycles. The molecule has 2 rings (SSSR count). The van der Waals surface area contributed by atoms with E-state index in [9.17, 15) is 0 Å². The van der Waals surface area contributed by atoms with Crippen LogP contribution in [0.25, 0.3) is 0 Å². The van der Waals surface area contributed by atoms with Crippen molar-refractivity contribution in [3.63, 3.8) is 0 Å². The van der Waals surface area contributed by atoms with Crippen LogP contribution in [0.1, 0.15) is 25.0 Å². The Bertz CT molecular complexity index is 363. The summed E-state index contributed by atoms with van der Waals surface area (Å²) in [5.74, 6) is 1.48. The molecule has 0 saturated carbocycles. The Balaban J connectivity index is 2.03. The predicted octanol–water partition coefficient (Wildman–Crippen LogP) is 2.67. The fourth-order valence-electron chi connectivity index (χ4n) is 2.82. The lowest BCUT2D eigenvalue weighted by molar-refractivity contribution is 0.178. The lowest BCUT2D eigenvalue weighted by atomic mass is 10.0. The summed E-state index contributed by atoms with van der Waals surface area (Å²) < 4.78 is 0. The molecule has 0 amide bonds. The summed E-state index contributed by atoms with van der Waals surface area (Å²) in [6.07, 6.45) is 0. The number of benzene rings is 1. The highest BCUT2D eigenvalue weighted by atomic mass is 15.1. The number of nitrogens with one attached hydrogen (secondary N) is 1. The molecule has 1 aromatic rings. The third-order valence-electron chi connectivity index (χ3n) is 3.78. The van der Waals surface area contributed by atoms with Gasteiger partial charge in [0, 0.05) is 19.6 Å². The van der Waals surface area contributed by atoms with E-state index in [-0.39, 0.29) is 0 Å². The van der Waals surface area contributed by atoms with Crippen molar-refractivity contribution < 1.29 is 0 Å². The molecular formula is C16H26N2. The first kappa shape index (κ1) is 13.6. The predicted molar refractivity (Wildman–Crippen MR) is 77.7 cm³/mol. The first-order chi connectivity index (χ1) is 8.65. The summed E-state index contributed by atoms with van der Waals surface area (Å²) in [7, 11) is 0. The maximum atomic E-state index is 3.56. The molecule has 1 aliphatic heterocycles. The molecule has 0 bridgehead atoms. The highest BCUT2D eigenvalue weighted by Crippen LogP contribution is 2.14. The Morgan fingerprint density at radius 3 is 2.33 bits per heavy atom. The van der Waals surface area contributed by atoms with Gasteiger partial charge in [0.2, 0.25) is 0 Å². The molecule has 0 aromatic heterocycles. The van der Waals surface area contributed by atoms with E-state index in [0.29, 0.717) is 0 Å². The molecule has 1 fully saturated rings. The van der Waals surface area contributed by atoms with Crippen LogP contribution in [0.2, 0.25) is 0 Å². The van der Waals surface area contributed by atoms with Gasteiger partial charge in [-0.2, -0.15) is 0 Å². The molecule has 1 heterocycles. The van der Waals surface area contributed by atoms with Crippen LogP contribution in [-0.4, -0.2) is 31.1 Å². The van der Waals surface area contributed by atoms with E-state index in [1.54, 1.807) is 0 Å². The van der Waals surface area contributed by atoms with Crippen LogP contribution in [0.15, 0.2) is 24.3 Å². The van der Waals surface area contributed by atoms with Crippen molar-refractivity contribution >= 4 is 0 Å². The van der Waals surface area contributed by atoms with Gasteiger partial charge in [-0.25, -0.2) is 0 Å². The van der Waals surface area contributed by atoms with Crippen LogP contribution in [0.5, 0.6) is 0 Å². The zero-order valence-corrected chi connectivity index (χ0v) is 11.9. The van der Waals surface area contributed by atoms with E-state index >= 15 is 0 Å². The van der Waals surface area contributed by atoms with E-state index in [2.05, 4.69) is 55.3 Å². The molecule has 2 unspecified atom stereocenters. The van der Waals surface area contributed by atoms with Gasteiger partial charge < -0.3 is 5.32 Å². The number of rotatable bonds is 2. The van der Waals surface area contributed by atoms with E-state index in [4.69, 9.17) is 0 Å². The lowest BCUT2D eigenvalue weighted by Gasteiger charge is -2.32. The van der Waals surface area contributed by atoms with Crippen molar-refractivity contribution in [2.24, 2.45) is 11.8 Å². The van der Waals surface area contributed by atoms with Crippen molar-refractivity contribution in [1.82, 2.24) is 10.2 Å². The van der Waals surface area contributed by atoms with E-state index < -0.39 is 0 Å². The van der Waals surface area contributed by atoms with Crippen molar-refractivity contribution in [2.45, 2.75) is 27.3 Å². The topological polar surface area (TPSA) is 15.3 Å². The Morgan fingerprint density at radius 1 is 1.11 bits per heavy atom. The second kappa shape index (κ2) is 6.35. The standard InChI is InChI=1S/C16H26N2/c1-13-8-17-9-14(2)11-18(10-13)12-16-7-5-4-6-15(16)3/h4-7,13-14,17H,8-12H2,1-3H3. The van der Waals surface area contributed by atoms with Crippen LogP contribution in [0.3, 0.4) is 0 Å². The van der Waals surface area contributed by atoms with E-state index in [0.717, 1.165) is 31.5 Å². The van der Waals surface area contributed by atoms with Crippen molar-refractivity contribution in [2.75, 3.05) is 26.2 Å². The second-order valence-corrected chi connectivity index (χ2v) is 5.99. The Morgan fingerprint density at radius 2 is 1.72 bits per heavy atom. The molecule has 18 heavy (non-hydrogen) atoms. The number of nitrogens with zero attached hydrogens (tertiary/aromatic N) is 1. The fraction of sp³-hybridized carbons (Fsp3) is 0.625. The molecule has 1 N–H and O–H groups in total. The lowest BCUT2D eigenvalue weighted by Crippen LogP contribution is -2.42. The largest absolute Gasteiger partial charge is 0.316 e. The highest BCUT2D eigenvalue weighted by molar-refractivity contribution is 5.25. The quantitative estimate of drug-likeness (QED) is 0.863. The molecule has 0 radical (unpaired) electrons.